The van der Waals surface area contributed by atoms with Gasteiger partial charge >= 0.3 is 0 Å². The highest BCUT2D eigenvalue weighted by Gasteiger charge is 2.34. The van der Waals surface area contributed by atoms with Gasteiger partial charge in [-0.1, -0.05) is 77.3 Å². The van der Waals surface area contributed by atoms with Gasteiger partial charge in [0.05, 0.1) is 16.9 Å². The van der Waals surface area contributed by atoms with Gasteiger partial charge in [0, 0.05) is 35.6 Å². The maximum atomic E-state index is 14.3. The summed E-state index contributed by atoms with van der Waals surface area (Å²) in [6, 6.07) is 19.6. The van der Waals surface area contributed by atoms with Crippen LogP contribution in [-0.2, 0) is 32.6 Å². The van der Waals surface area contributed by atoms with Crippen molar-refractivity contribution in [2.45, 2.75) is 57.7 Å². The van der Waals surface area contributed by atoms with Crippen molar-refractivity contribution in [2.24, 2.45) is 0 Å². The molecule has 0 radical (unpaired) electrons. The van der Waals surface area contributed by atoms with Crippen LogP contribution in [0.1, 0.15) is 42.4 Å². The highest BCUT2D eigenvalue weighted by Crippen LogP contribution is 2.28. The zero-order valence-electron chi connectivity index (χ0n) is 24.1. The molecule has 1 aliphatic rings. The fourth-order valence-electron chi connectivity index (χ4n) is 5.33. The van der Waals surface area contributed by atoms with Crippen LogP contribution in [0.2, 0.25) is 0 Å². The maximum Gasteiger partial charge on any atom is 0.271 e. The van der Waals surface area contributed by atoms with Crippen LogP contribution in [-0.4, -0.2) is 54.9 Å². The maximum absolute atomic E-state index is 14.3. The summed E-state index contributed by atoms with van der Waals surface area (Å²) in [5, 5.41) is 14.6. The Morgan fingerprint density at radius 1 is 1.02 bits per heavy atom. The Labute approximate surface area is 260 Å². The molecule has 3 aromatic carbocycles. The molecule has 1 saturated carbocycles. The molecule has 12 heteroatoms. The van der Waals surface area contributed by atoms with Crippen LogP contribution < -0.4 is 9.62 Å². The van der Waals surface area contributed by atoms with Gasteiger partial charge in [-0.15, -0.1) is 0 Å². The summed E-state index contributed by atoms with van der Waals surface area (Å²) in [6.07, 6.45) is 4.91. The molecule has 2 amide bonds. The zero-order valence-corrected chi connectivity index (χ0v) is 26.5. The van der Waals surface area contributed by atoms with E-state index in [1.54, 1.807) is 6.92 Å². The zero-order chi connectivity index (χ0) is 31.1. The summed E-state index contributed by atoms with van der Waals surface area (Å²) in [5.74, 6) is -0.921. The van der Waals surface area contributed by atoms with Crippen molar-refractivity contribution in [3.8, 4) is 0 Å². The third-order valence-electron chi connectivity index (χ3n) is 7.57. The first-order chi connectivity index (χ1) is 20.4. The van der Waals surface area contributed by atoms with E-state index in [0.29, 0.717) is 5.56 Å². The summed E-state index contributed by atoms with van der Waals surface area (Å²) >= 11 is 3.47. The summed E-state index contributed by atoms with van der Waals surface area (Å²) in [6.45, 7) is 1.02. The molecule has 10 nitrogen and oxygen atoms in total. The molecule has 4 rings (SSSR count). The van der Waals surface area contributed by atoms with Crippen molar-refractivity contribution in [3.05, 3.63) is 104 Å². The van der Waals surface area contributed by atoms with E-state index >= 15 is 0 Å². The number of nitro groups is 1. The van der Waals surface area contributed by atoms with Crippen molar-refractivity contribution in [2.75, 3.05) is 17.1 Å². The fraction of sp³-hybridized carbons (Fsp3) is 0.355. The minimum atomic E-state index is -4.06. The van der Waals surface area contributed by atoms with E-state index in [1.165, 1.54) is 17.0 Å². The van der Waals surface area contributed by atoms with Gasteiger partial charge in [-0.25, -0.2) is 8.42 Å². The Bertz CT molecular complexity index is 1580. The Morgan fingerprint density at radius 2 is 1.70 bits per heavy atom. The summed E-state index contributed by atoms with van der Waals surface area (Å²) in [5.41, 5.74) is 1.76. The molecule has 0 saturated heterocycles. The fourth-order valence-corrected chi connectivity index (χ4v) is 6.67. The number of anilines is 1. The van der Waals surface area contributed by atoms with E-state index in [9.17, 15) is 28.1 Å². The van der Waals surface area contributed by atoms with E-state index in [0.717, 1.165) is 57.9 Å². The average Bonchev–Trinajstić information content (AvgIpc) is 3.47. The Morgan fingerprint density at radius 3 is 2.33 bits per heavy atom. The standard InChI is InChI=1S/C31H35BrN4O6S/c1-22-15-16-27(36(39)40)19-28(22)35(43(2,41)42)21-30(37)34(20-24-11-8-12-25(32)17-24)29(18-23-9-4-3-5-10-23)31(38)33-26-13-6-7-14-26/h3-5,8-12,15-17,19,26,29H,6-7,13-14,18,20-21H2,1-2H3,(H,33,38)/t29-/m0/s1. The first-order valence-corrected chi connectivity index (χ1v) is 16.7. The highest BCUT2D eigenvalue weighted by atomic mass is 79.9. The molecule has 0 unspecified atom stereocenters. The second-order valence-electron chi connectivity index (χ2n) is 10.8. The van der Waals surface area contributed by atoms with Gasteiger partial charge < -0.3 is 10.2 Å². The molecule has 228 valence electrons. The lowest BCUT2D eigenvalue weighted by molar-refractivity contribution is -0.384. The molecule has 1 aliphatic carbocycles. The minimum absolute atomic E-state index is 0.00799. The van der Waals surface area contributed by atoms with Gasteiger partial charge in [-0.05, 0) is 48.6 Å². The second-order valence-corrected chi connectivity index (χ2v) is 13.7. The molecule has 43 heavy (non-hydrogen) atoms. The Balaban J connectivity index is 1.76. The molecular weight excluding hydrogens is 636 g/mol. The van der Waals surface area contributed by atoms with Crippen LogP contribution in [0.15, 0.2) is 77.3 Å². The number of hydrogen-bond donors (Lipinski definition) is 1. The number of sulfonamides is 1. The number of amides is 2. The predicted octanol–water partition coefficient (Wildman–Crippen LogP) is 5.13. The van der Waals surface area contributed by atoms with Crippen LogP contribution in [0.25, 0.3) is 0 Å². The quantitative estimate of drug-likeness (QED) is 0.210. The molecule has 1 atom stereocenters. The number of hydrogen-bond acceptors (Lipinski definition) is 6. The molecule has 0 aliphatic heterocycles. The third kappa shape index (κ3) is 8.64. The van der Waals surface area contributed by atoms with E-state index in [4.69, 9.17) is 0 Å². The molecule has 1 fully saturated rings. The molecular formula is C31H35BrN4O6S. The van der Waals surface area contributed by atoms with Gasteiger partial charge in [-0.3, -0.25) is 24.0 Å². The lowest BCUT2D eigenvalue weighted by atomic mass is 10.0. The van der Waals surface area contributed by atoms with Crippen molar-refractivity contribution in [1.29, 1.82) is 0 Å². The van der Waals surface area contributed by atoms with Crippen LogP contribution in [0.3, 0.4) is 0 Å². The van der Waals surface area contributed by atoms with Gasteiger partial charge in [0.1, 0.15) is 12.6 Å². The number of carbonyl (C=O) groups is 2. The summed E-state index contributed by atoms with van der Waals surface area (Å²) in [7, 11) is -4.06. The molecule has 0 spiro atoms. The number of non-ortho nitro benzene ring substituents is 1. The molecule has 3 aromatic rings. The number of nitrogens with one attached hydrogen (secondary N) is 1. The lowest BCUT2D eigenvalue weighted by Crippen LogP contribution is -2.54. The number of aryl methyl sites for hydroxylation is 1. The lowest BCUT2D eigenvalue weighted by Gasteiger charge is -2.34. The number of benzene rings is 3. The topological polar surface area (TPSA) is 130 Å². The van der Waals surface area contributed by atoms with Crippen molar-refractivity contribution >= 4 is 49.1 Å². The van der Waals surface area contributed by atoms with Gasteiger partial charge in [0.25, 0.3) is 5.69 Å². The predicted molar refractivity (Wildman–Crippen MR) is 169 cm³/mol. The first kappa shape index (κ1) is 32.2. The summed E-state index contributed by atoms with van der Waals surface area (Å²) in [4.78, 5) is 40.5. The van der Waals surface area contributed by atoms with Gasteiger partial charge in [0.15, 0.2) is 0 Å². The van der Waals surface area contributed by atoms with Crippen molar-refractivity contribution < 1.29 is 22.9 Å². The van der Waals surface area contributed by atoms with E-state index in [1.807, 2.05) is 54.6 Å². The van der Waals surface area contributed by atoms with E-state index in [2.05, 4.69) is 21.2 Å². The Hall–Kier alpha value is -3.77. The van der Waals surface area contributed by atoms with Crippen molar-refractivity contribution in [3.63, 3.8) is 0 Å². The van der Waals surface area contributed by atoms with Crippen molar-refractivity contribution in [1.82, 2.24) is 10.2 Å². The minimum Gasteiger partial charge on any atom is -0.352 e. The van der Waals surface area contributed by atoms with Crippen LogP contribution in [0, 0.1) is 17.0 Å². The molecule has 0 aromatic heterocycles. The third-order valence-corrected chi connectivity index (χ3v) is 9.19. The normalized spacial score (nSPS) is 14.2. The molecule has 0 bridgehead atoms. The number of rotatable bonds is 12. The number of halogens is 1. The van der Waals surface area contributed by atoms with Gasteiger partial charge in [0.2, 0.25) is 21.8 Å². The smallest absolute Gasteiger partial charge is 0.271 e. The Kier molecular flexibility index (Phi) is 10.6. The molecule has 0 heterocycles. The van der Waals surface area contributed by atoms with Gasteiger partial charge in [-0.2, -0.15) is 0 Å². The van der Waals surface area contributed by atoms with Crippen LogP contribution in [0.5, 0.6) is 0 Å². The van der Waals surface area contributed by atoms with E-state index < -0.39 is 33.4 Å². The largest absolute Gasteiger partial charge is 0.352 e. The number of nitro benzene ring substituents is 1. The summed E-state index contributed by atoms with van der Waals surface area (Å²) < 4.78 is 27.8. The number of carbonyl (C=O) groups excluding carboxylic acids is 2. The monoisotopic (exact) mass is 670 g/mol. The first-order valence-electron chi connectivity index (χ1n) is 14.0. The van der Waals surface area contributed by atoms with Crippen LogP contribution in [0.4, 0.5) is 11.4 Å². The SMILES string of the molecule is Cc1ccc([N+](=O)[O-])cc1N(CC(=O)N(Cc1cccc(Br)c1)[C@@H](Cc1ccccc1)C(=O)NC1CCCC1)S(C)(=O)=O. The number of nitrogens with zero attached hydrogens (tertiary/aromatic N) is 3. The average molecular weight is 672 g/mol. The van der Waals surface area contributed by atoms with Crippen LogP contribution >= 0.6 is 15.9 Å². The molecule has 1 N–H and O–H groups in total. The highest BCUT2D eigenvalue weighted by molar-refractivity contribution is 9.10. The second kappa shape index (κ2) is 14.1. The van der Waals surface area contributed by atoms with E-state index in [-0.39, 0.29) is 36.3 Å².